The van der Waals surface area contributed by atoms with Gasteiger partial charge in [-0.1, -0.05) is 0 Å². The lowest BCUT2D eigenvalue weighted by Gasteiger charge is -2.28. The lowest BCUT2D eigenvalue weighted by atomic mass is 10.3. The number of hydrogen-bond acceptors (Lipinski definition) is 5. The summed E-state index contributed by atoms with van der Waals surface area (Å²) in [6.07, 6.45) is 2.84. The lowest BCUT2D eigenvalue weighted by Crippen LogP contribution is -2.36. The smallest absolute Gasteiger partial charge is 0.311 e. The fourth-order valence-corrected chi connectivity index (χ4v) is 2.22. The van der Waals surface area contributed by atoms with E-state index in [2.05, 4.69) is 20.9 Å². The van der Waals surface area contributed by atoms with Gasteiger partial charge in [0.1, 0.15) is 11.9 Å². The number of anilines is 1. The zero-order valence-corrected chi connectivity index (χ0v) is 10.0. The van der Waals surface area contributed by atoms with Gasteiger partial charge in [0, 0.05) is 19.3 Å². The summed E-state index contributed by atoms with van der Waals surface area (Å²) in [6.45, 7) is 2.49. The average molecular weight is 288 g/mol. The molecular weight excluding hydrogens is 278 g/mol. The van der Waals surface area contributed by atoms with E-state index in [-0.39, 0.29) is 5.69 Å². The minimum Gasteiger partial charge on any atom is -0.378 e. The van der Waals surface area contributed by atoms with Gasteiger partial charge in [-0.25, -0.2) is 0 Å². The van der Waals surface area contributed by atoms with Crippen LogP contribution in [0.1, 0.15) is 0 Å². The molecule has 0 atom stereocenters. The molecule has 2 heterocycles. The zero-order chi connectivity index (χ0) is 11.5. The van der Waals surface area contributed by atoms with Gasteiger partial charge < -0.3 is 9.64 Å². The van der Waals surface area contributed by atoms with E-state index in [4.69, 9.17) is 4.74 Å². The highest BCUT2D eigenvalue weighted by atomic mass is 79.9. The Hall–Kier alpha value is -1.21. The first-order valence-electron chi connectivity index (χ1n) is 4.80. The van der Waals surface area contributed by atoms with E-state index in [0.29, 0.717) is 36.5 Å². The maximum Gasteiger partial charge on any atom is 0.311 e. The molecule has 1 aromatic rings. The first-order valence-corrected chi connectivity index (χ1v) is 5.60. The minimum absolute atomic E-state index is 0.0243. The summed E-state index contributed by atoms with van der Waals surface area (Å²) in [6, 6.07) is 0. The molecule has 16 heavy (non-hydrogen) atoms. The number of pyridine rings is 1. The number of halogens is 1. The number of nitrogens with zero attached hydrogens (tertiary/aromatic N) is 3. The fourth-order valence-electron chi connectivity index (χ4n) is 1.65. The molecule has 0 amide bonds. The molecule has 1 fully saturated rings. The summed E-state index contributed by atoms with van der Waals surface area (Å²) >= 11 is 3.30. The summed E-state index contributed by atoms with van der Waals surface area (Å²) in [5, 5.41) is 10.9. The summed E-state index contributed by atoms with van der Waals surface area (Å²) in [5.74, 6) is 0. The van der Waals surface area contributed by atoms with E-state index in [9.17, 15) is 10.1 Å². The molecule has 0 bridgehead atoms. The molecule has 0 spiro atoms. The summed E-state index contributed by atoms with van der Waals surface area (Å²) in [4.78, 5) is 16.2. The van der Waals surface area contributed by atoms with Gasteiger partial charge in [0.2, 0.25) is 0 Å². The molecule has 0 aromatic carbocycles. The van der Waals surface area contributed by atoms with Crippen LogP contribution in [-0.4, -0.2) is 36.2 Å². The first-order chi connectivity index (χ1) is 7.70. The van der Waals surface area contributed by atoms with Crippen LogP contribution in [0.3, 0.4) is 0 Å². The highest BCUT2D eigenvalue weighted by Gasteiger charge is 2.24. The van der Waals surface area contributed by atoms with Gasteiger partial charge in [-0.15, -0.1) is 0 Å². The van der Waals surface area contributed by atoms with E-state index in [1.165, 1.54) is 6.20 Å². The minimum atomic E-state index is -0.414. The third-order valence-electron chi connectivity index (χ3n) is 2.38. The Labute approximate surface area is 100 Å². The monoisotopic (exact) mass is 287 g/mol. The van der Waals surface area contributed by atoms with Crippen LogP contribution in [0.2, 0.25) is 0 Å². The summed E-state index contributed by atoms with van der Waals surface area (Å²) in [7, 11) is 0. The van der Waals surface area contributed by atoms with E-state index >= 15 is 0 Å². The number of hydrogen-bond donors (Lipinski definition) is 0. The average Bonchev–Trinajstić information content (AvgIpc) is 2.29. The quantitative estimate of drug-likeness (QED) is 0.610. The van der Waals surface area contributed by atoms with Crippen molar-refractivity contribution in [1.82, 2.24) is 4.98 Å². The predicted octanol–water partition coefficient (Wildman–Crippen LogP) is 1.59. The number of morpholine rings is 1. The van der Waals surface area contributed by atoms with E-state index in [1.54, 1.807) is 6.20 Å². The van der Waals surface area contributed by atoms with Crippen LogP contribution in [0.4, 0.5) is 11.4 Å². The topological polar surface area (TPSA) is 68.5 Å². The summed E-state index contributed by atoms with van der Waals surface area (Å²) in [5.41, 5.74) is 0.611. The zero-order valence-electron chi connectivity index (χ0n) is 8.43. The van der Waals surface area contributed by atoms with Crippen LogP contribution >= 0.6 is 15.9 Å². The Morgan fingerprint density at radius 3 is 2.75 bits per heavy atom. The van der Waals surface area contributed by atoms with Crippen molar-refractivity contribution >= 4 is 27.3 Å². The molecule has 1 aliphatic heterocycles. The second kappa shape index (κ2) is 4.75. The SMILES string of the molecule is O=[N+]([O-])c1cncc(Br)c1N1CCOCC1. The van der Waals surface area contributed by atoms with Crippen molar-refractivity contribution in [2.24, 2.45) is 0 Å². The molecule has 86 valence electrons. The predicted molar refractivity (Wildman–Crippen MR) is 61.6 cm³/mol. The largest absolute Gasteiger partial charge is 0.378 e. The second-order valence-electron chi connectivity index (χ2n) is 3.35. The molecule has 6 nitrogen and oxygen atoms in total. The molecule has 0 radical (unpaired) electrons. The molecular formula is C9H10BrN3O3. The van der Waals surface area contributed by atoms with Crippen LogP contribution in [-0.2, 0) is 4.74 Å². The second-order valence-corrected chi connectivity index (χ2v) is 4.20. The first kappa shape index (κ1) is 11.3. The Bertz CT molecular complexity index is 407. The third kappa shape index (κ3) is 2.14. The van der Waals surface area contributed by atoms with Crippen LogP contribution in [0.5, 0.6) is 0 Å². The van der Waals surface area contributed by atoms with Gasteiger partial charge in [0.05, 0.1) is 22.6 Å². The van der Waals surface area contributed by atoms with Crippen LogP contribution in [0, 0.1) is 10.1 Å². The van der Waals surface area contributed by atoms with Crippen molar-refractivity contribution < 1.29 is 9.66 Å². The van der Waals surface area contributed by atoms with Crippen molar-refractivity contribution in [3.63, 3.8) is 0 Å². The number of aromatic nitrogens is 1. The van der Waals surface area contributed by atoms with Crippen molar-refractivity contribution in [2.75, 3.05) is 31.2 Å². The van der Waals surface area contributed by atoms with Gasteiger partial charge in [0.25, 0.3) is 0 Å². The number of ether oxygens (including phenoxy) is 1. The van der Waals surface area contributed by atoms with Gasteiger partial charge >= 0.3 is 5.69 Å². The highest BCUT2D eigenvalue weighted by Crippen LogP contribution is 2.34. The van der Waals surface area contributed by atoms with Gasteiger partial charge in [-0.2, -0.15) is 0 Å². The Morgan fingerprint density at radius 1 is 1.44 bits per heavy atom. The molecule has 1 saturated heterocycles. The maximum atomic E-state index is 10.9. The number of nitro groups is 1. The molecule has 0 N–H and O–H groups in total. The number of rotatable bonds is 2. The maximum absolute atomic E-state index is 10.9. The third-order valence-corrected chi connectivity index (χ3v) is 2.96. The normalized spacial score (nSPS) is 16.2. The van der Waals surface area contributed by atoms with Gasteiger partial charge in [-0.05, 0) is 15.9 Å². The van der Waals surface area contributed by atoms with Gasteiger partial charge in [0.15, 0.2) is 0 Å². The Balaban J connectivity index is 2.40. The molecule has 0 saturated carbocycles. The lowest BCUT2D eigenvalue weighted by molar-refractivity contribution is -0.384. The van der Waals surface area contributed by atoms with E-state index in [1.807, 2.05) is 4.90 Å². The van der Waals surface area contributed by atoms with Crippen molar-refractivity contribution in [3.05, 3.63) is 27.0 Å². The molecule has 7 heteroatoms. The Kier molecular flexibility index (Phi) is 3.35. The van der Waals surface area contributed by atoms with Crippen LogP contribution in [0.25, 0.3) is 0 Å². The van der Waals surface area contributed by atoms with Crippen LogP contribution in [0.15, 0.2) is 16.9 Å². The van der Waals surface area contributed by atoms with Crippen LogP contribution < -0.4 is 4.90 Å². The molecule has 1 aromatic heterocycles. The standard InChI is InChI=1S/C9H10BrN3O3/c10-7-5-11-6-8(13(14)15)9(7)12-1-3-16-4-2-12/h5-6H,1-4H2. The van der Waals surface area contributed by atoms with Crippen molar-refractivity contribution in [3.8, 4) is 0 Å². The molecule has 0 aliphatic carbocycles. The highest BCUT2D eigenvalue weighted by molar-refractivity contribution is 9.10. The van der Waals surface area contributed by atoms with E-state index in [0.717, 1.165) is 0 Å². The van der Waals surface area contributed by atoms with Crippen molar-refractivity contribution in [2.45, 2.75) is 0 Å². The van der Waals surface area contributed by atoms with Crippen molar-refractivity contribution in [1.29, 1.82) is 0 Å². The molecule has 2 rings (SSSR count). The Morgan fingerprint density at radius 2 is 2.12 bits per heavy atom. The summed E-state index contributed by atoms with van der Waals surface area (Å²) < 4.78 is 5.86. The molecule has 0 unspecified atom stereocenters. The van der Waals surface area contributed by atoms with Gasteiger partial charge in [-0.3, -0.25) is 15.1 Å². The van der Waals surface area contributed by atoms with E-state index < -0.39 is 4.92 Å². The molecule has 1 aliphatic rings. The fraction of sp³-hybridized carbons (Fsp3) is 0.444.